The summed E-state index contributed by atoms with van der Waals surface area (Å²) in [6.07, 6.45) is 1.44. The number of amides is 3. The van der Waals surface area contributed by atoms with E-state index in [-0.39, 0.29) is 17.5 Å². The van der Waals surface area contributed by atoms with Gasteiger partial charge in [-0.1, -0.05) is 25.4 Å². The van der Waals surface area contributed by atoms with Crippen LogP contribution in [0.2, 0.25) is 5.02 Å². The van der Waals surface area contributed by atoms with Crippen LogP contribution in [0, 0.1) is 0 Å². The highest BCUT2D eigenvalue weighted by Crippen LogP contribution is 2.23. The van der Waals surface area contributed by atoms with Gasteiger partial charge in [-0.25, -0.2) is 4.79 Å². The Kier molecular flexibility index (Phi) is 7.26. The number of halogens is 1. The SMILES string of the molecule is CCC(CC)(CN)NC(=O)c1cc(NC(=O)NC(C)(C)C)ccc1Cl. The van der Waals surface area contributed by atoms with Crippen LogP contribution in [-0.2, 0) is 0 Å². The topological polar surface area (TPSA) is 96.2 Å². The first-order valence-electron chi connectivity index (χ1n) is 8.47. The fourth-order valence-electron chi connectivity index (χ4n) is 2.35. The van der Waals surface area contributed by atoms with Gasteiger partial charge in [-0.2, -0.15) is 0 Å². The van der Waals surface area contributed by atoms with Crippen molar-refractivity contribution >= 4 is 29.2 Å². The van der Waals surface area contributed by atoms with Crippen LogP contribution in [0.4, 0.5) is 10.5 Å². The summed E-state index contributed by atoms with van der Waals surface area (Å²) in [5, 5.41) is 8.80. The normalized spacial score (nSPS) is 11.8. The molecule has 0 heterocycles. The highest BCUT2D eigenvalue weighted by Gasteiger charge is 2.27. The molecule has 6 nitrogen and oxygen atoms in total. The average Bonchev–Trinajstić information content (AvgIpc) is 2.52. The number of urea groups is 1. The lowest BCUT2D eigenvalue weighted by atomic mass is 9.92. The molecule has 0 saturated heterocycles. The summed E-state index contributed by atoms with van der Waals surface area (Å²) in [7, 11) is 0. The number of hydrogen-bond acceptors (Lipinski definition) is 3. The van der Waals surface area contributed by atoms with Crippen molar-refractivity contribution in [3.63, 3.8) is 0 Å². The molecule has 0 atom stereocenters. The maximum Gasteiger partial charge on any atom is 0.319 e. The summed E-state index contributed by atoms with van der Waals surface area (Å²) in [4.78, 5) is 24.6. The Morgan fingerprint density at radius 1 is 1.12 bits per heavy atom. The molecule has 3 amide bonds. The predicted molar refractivity (Wildman–Crippen MR) is 103 cm³/mol. The first-order valence-corrected chi connectivity index (χ1v) is 8.85. The van der Waals surface area contributed by atoms with E-state index in [4.69, 9.17) is 17.3 Å². The van der Waals surface area contributed by atoms with Gasteiger partial charge in [0.15, 0.2) is 0 Å². The zero-order valence-corrected chi connectivity index (χ0v) is 16.4. The van der Waals surface area contributed by atoms with Gasteiger partial charge in [0.05, 0.1) is 16.1 Å². The monoisotopic (exact) mass is 368 g/mol. The predicted octanol–water partition coefficient (Wildman–Crippen LogP) is 3.51. The molecule has 0 radical (unpaired) electrons. The van der Waals surface area contributed by atoms with Crippen molar-refractivity contribution in [3.8, 4) is 0 Å². The standard InChI is InChI=1S/C18H29ClN4O2/c1-6-18(7-2,11-20)22-15(24)13-10-12(8-9-14(13)19)21-16(25)23-17(3,4)5/h8-10H,6-7,11,20H2,1-5H3,(H,22,24)(H2,21,23,25). The number of hydrogen-bond donors (Lipinski definition) is 4. The van der Waals surface area contributed by atoms with E-state index < -0.39 is 5.54 Å². The molecular formula is C18H29ClN4O2. The number of anilines is 1. The summed E-state index contributed by atoms with van der Waals surface area (Å²) in [5.74, 6) is -0.306. The number of benzene rings is 1. The second kappa shape index (κ2) is 8.54. The third kappa shape index (κ3) is 6.21. The van der Waals surface area contributed by atoms with Crippen molar-refractivity contribution in [3.05, 3.63) is 28.8 Å². The maximum absolute atomic E-state index is 12.6. The molecule has 0 unspecified atom stereocenters. The molecule has 5 N–H and O–H groups in total. The number of carbonyl (C=O) groups is 2. The van der Waals surface area contributed by atoms with E-state index in [2.05, 4.69) is 16.0 Å². The lowest BCUT2D eigenvalue weighted by Crippen LogP contribution is -2.52. The largest absolute Gasteiger partial charge is 0.345 e. The summed E-state index contributed by atoms with van der Waals surface area (Å²) < 4.78 is 0. The molecule has 0 aliphatic heterocycles. The Morgan fingerprint density at radius 3 is 2.20 bits per heavy atom. The maximum atomic E-state index is 12.6. The third-order valence-electron chi connectivity index (χ3n) is 4.08. The molecule has 0 aliphatic carbocycles. The quantitative estimate of drug-likeness (QED) is 0.618. The Labute approximate surface area is 154 Å². The molecule has 140 valence electrons. The molecule has 1 aromatic rings. The zero-order chi connectivity index (χ0) is 19.3. The molecule has 1 rings (SSSR count). The minimum Gasteiger partial charge on any atom is -0.345 e. The van der Waals surface area contributed by atoms with Gasteiger partial charge >= 0.3 is 6.03 Å². The van der Waals surface area contributed by atoms with Gasteiger partial charge in [0.25, 0.3) is 5.91 Å². The Morgan fingerprint density at radius 2 is 1.72 bits per heavy atom. The van der Waals surface area contributed by atoms with E-state index >= 15 is 0 Å². The van der Waals surface area contributed by atoms with E-state index in [1.165, 1.54) is 0 Å². The second-order valence-electron chi connectivity index (χ2n) is 7.17. The van der Waals surface area contributed by atoms with Crippen molar-refractivity contribution in [1.29, 1.82) is 0 Å². The molecule has 25 heavy (non-hydrogen) atoms. The number of rotatable bonds is 6. The van der Waals surface area contributed by atoms with Gasteiger partial charge < -0.3 is 21.7 Å². The third-order valence-corrected chi connectivity index (χ3v) is 4.41. The van der Waals surface area contributed by atoms with Gasteiger partial charge in [0, 0.05) is 17.8 Å². The molecule has 0 fully saturated rings. The summed E-state index contributed by atoms with van der Waals surface area (Å²) in [6, 6.07) is 4.45. The number of nitrogens with two attached hydrogens (primary N) is 1. The fraction of sp³-hybridized carbons (Fsp3) is 0.556. The molecule has 0 aliphatic rings. The zero-order valence-electron chi connectivity index (χ0n) is 15.6. The molecule has 0 bridgehead atoms. The first kappa shape index (κ1) is 21.3. The fourth-order valence-corrected chi connectivity index (χ4v) is 2.56. The smallest absolute Gasteiger partial charge is 0.319 e. The van der Waals surface area contributed by atoms with E-state index in [0.29, 0.717) is 22.8 Å². The van der Waals surface area contributed by atoms with Crippen LogP contribution in [0.3, 0.4) is 0 Å². The first-order chi connectivity index (χ1) is 11.6. The van der Waals surface area contributed by atoms with Gasteiger partial charge in [-0.05, 0) is 51.8 Å². The molecular weight excluding hydrogens is 340 g/mol. The van der Waals surface area contributed by atoms with Crippen LogP contribution in [0.25, 0.3) is 0 Å². The van der Waals surface area contributed by atoms with Crippen LogP contribution in [-0.4, -0.2) is 29.6 Å². The Bertz CT molecular complexity index is 614. The van der Waals surface area contributed by atoms with Crippen LogP contribution in [0.5, 0.6) is 0 Å². The van der Waals surface area contributed by atoms with Crippen LogP contribution in [0.15, 0.2) is 18.2 Å². The number of carbonyl (C=O) groups excluding carboxylic acids is 2. The molecule has 0 saturated carbocycles. The van der Waals surface area contributed by atoms with Crippen LogP contribution < -0.4 is 21.7 Å². The van der Waals surface area contributed by atoms with Crippen molar-refractivity contribution in [2.75, 3.05) is 11.9 Å². The lowest BCUT2D eigenvalue weighted by Gasteiger charge is -2.31. The summed E-state index contributed by atoms with van der Waals surface area (Å²) in [6.45, 7) is 9.95. The highest BCUT2D eigenvalue weighted by molar-refractivity contribution is 6.34. The van der Waals surface area contributed by atoms with Gasteiger partial charge in [0.1, 0.15) is 0 Å². The molecule has 0 aromatic heterocycles. The molecule has 7 heteroatoms. The highest BCUT2D eigenvalue weighted by atomic mass is 35.5. The Hall–Kier alpha value is -1.79. The van der Waals surface area contributed by atoms with Crippen molar-refractivity contribution in [2.45, 2.75) is 58.5 Å². The minimum absolute atomic E-state index is 0.301. The summed E-state index contributed by atoms with van der Waals surface area (Å²) >= 11 is 6.17. The van der Waals surface area contributed by atoms with Crippen LogP contribution in [0.1, 0.15) is 57.8 Å². The molecule has 1 aromatic carbocycles. The van der Waals surface area contributed by atoms with E-state index in [1.807, 2.05) is 34.6 Å². The van der Waals surface area contributed by atoms with Gasteiger partial charge in [-0.3, -0.25) is 4.79 Å². The van der Waals surface area contributed by atoms with Crippen molar-refractivity contribution in [2.24, 2.45) is 5.73 Å². The van der Waals surface area contributed by atoms with Crippen molar-refractivity contribution in [1.82, 2.24) is 10.6 Å². The van der Waals surface area contributed by atoms with E-state index in [0.717, 1.165) is 12.8 Å². The van der Waals surface area contributed by atoms with Gasteiger partial charge in [-0.15, -0.1) is 0 Å². The van der Waals surface area contributed by atoms with Crippen molar-refractivity contribution < 1.29 is 9.59 Å². The Balaban J connectivity index is 2.97. The van der Waals surface area contributed by atoms with E-state index in [1.54, 1.807) is 18.2 Å². The van der Waals surface area contributed by atoms with Crippen LogP contribution >= 0.6 is 11.6 Å². The second-order valence-corrected chi connectivity index (χ2v) is 7.58. The van der Waals surface area contributed by atoms with E-state index in [9.17, 15) is 9.59 Å². The summed E-state index contributed by atoms with van der Waals surface area (Å²) in [5.41, 5.74) is 5.80. The van der Waals surface area contributed by atoms with Gasteiger partial charge in [0.2, 0.25) is 0 Å². The minimum atomic E-state index is -0.465. The number of nitrogens with one attached hydrogen (secondary N) is 3. The molecule has 0 spiro atoms. The lowest BCUT2D eigenvalue weighted by molar-refractivity contribution is 0.0895. The average molecular weight is 369 g/mol.